The molecule has 0 aliphatic heterocycles. The number of carboxylic acids is 1. The highest BCUT2D eigenvalue weighted by molar-refractivity contribution is 7.92. The molecule has 1 aromatic heterocycles. The van der Waals surface area contributed by atoms with E-state index >= 15 is 0 Å². The minimum absolute atomic E-state index is 0.0943. The molecule has 0 saturated carbocycles. The highest BCUT2D eigenvalue weighted by atomic mass is 35.5. The molecule has 0 unspecified atom stereocenters. The second-order valence-electron chi connectivity index (χ2n) is 7.77. The Morgan fingerprint density at radius 2 is 1.72 bits per heavy atom. The molecule has 36 heavy (non-hydrogen) atoms. The van der Waals surface area contributed by atoms with Gasteiger partial charge in [-0.05, 0) is 58.8 Å². The smallest absolute Gasteiger partial charge is 0.324 e. The van der Waals surface area contributed by atoms with Gasteiger partial charge in [0.15, 0.2) is 0 Å². The van der Waals surface area contributed by atoms with Crippen LogP contribution in [0.15, 0.2) is 84.0 Å². The zero-order chi connectivity index (χ0) is 25.9. The number of aliphatic carboxylic acids is 1. The number of amides is 1. The minimum Gasteiger partial charge on any atom is -0.480 e. The molecule has 11 heteroatoms. The monoisotopic (exact) mass is 543 g/mol. The van der Waals surface area contributed by atoms with Crippen molar-refractivity contribution < 1.29 is 23.1 Å². The highest BCUT2D eigenvalue weighted by Crippen LogP contribution is 2.31. The number of hydrogen-bond acceptors (Lipinski definition) is 5. The summed E-state index contributed by atoms with van der Waals surface area (Å²) >= 11 is 12.0. The van der Waals surface area contributed by atoms with Crippen molar-refractivity contribution in [2.45, 2.75) is 11.4 Å². The van der Waals surface area contributed by atoms with Gasteiger partial charge in [-0.15, -0.1) is 0 Å². The average molecular weight is 544 g/mol. The van der Waals surface area contributed by atoms with Crippen LogP contribution in [-0.2, 0) is 21.4 Å². The van der Waals surface area contributed by atoms with Crippen LogP contribution in [0.2, 0.25) is 10.0 Å². The molecule has 4 rings (SSSR count). The van der Waals surface area contributed by atoms with Crippen LogP contribution in [-0.4, -0.2) is 36.9 Å². The van der Waals surface area contributed by atoms with Gasteiger partial charge in [0.2, 0.25) is 0 Å². The average Bonchev–Trinajstić information content (AvgIpc) is 2.85. The number of fused-ring (bicyclic) bond motifs is 1. The molecule has 0 saturated heterocycles. The van der Waals surface area contributed by atoms with E-state index < -0.39 is 22.5 Å². The van der Waals surface area contributed by atoms with Crippen molar-refractivity contribution in [2.75, 3.05) is 10.8 Å². The van der Waals surface area contributed by atoms with E-state index in [2.05, 4.69) is 10.3 Å². The summed E-state index contributed by atoms with van der Waals surface area (Å²) < 4.78 is 27.5. The number of carbonyl (C=O) groups excluding carboxylic acids is 1. The van der Waals surface area contributed by atoms with Crippen molar-refractivity contribution in [2.24, 2.45) is 0 Å². The topological polar surface area (TPSA) is 117 Å². The lowest BCUT2D eigenvalue weighted by molar-refractivity contribution is -0.135. The molecule has 3 aromatic carbocycles. The first kappa shape index (κ1) is 25.4. The van der Waals surface area contributed by atoms with Gasteiger partial charge in [-0.2, -0.15) is 0 Å². The molecule has 184 valence electrons. The summed E-state index contributed by atoms with van der Waals surface area (Å²) in [6, 6.07) is 17.0. The Balaban J connectivity index is 1.70. The standard InChI is InChI=1S/C25H19Cl2N3O5S/c26-18-10-19(27)12-21(11-18)36(34,35)30(15-24(31)32)20-6-7-22-17(9-20)4-1-5-23(22)25(33)29-14-16-3-2-8-28-13-16/h1-13H,14-15H2,(H,29,33)(H,31,32). The number of nitrogens with zero attached hydrogens (tertiary/aromatic N) is 2. The van der Waals surface area contributed by atoms with Gasteiger partial charge in [0.05, 0.1) is 10.6 Å². The number of aromatic nitrogens is 1. The Labute approximate surface area is 217 Å². The molecule has 0 aliphatic rings. The van der Waals surface area contributed by atoms with E-state index in [9.17, 15) is 23.1 Å². The van der Waals surface area contributed by atoms with Crippen LogP contribution in [0.25, 0.3) is 10.8 Å². The summed E-state index contributed by atoms with van der Waals surface area (Å²) in [7, 11) is -4.33. The summed E-state index contributed by atoms with van der Waals surface area (Å²) in [4.78, 5) is 28.2. The van der Waals surface area contributed by atoms with Crippen LogP contribution < -0.4 is 9.62 Å². The van der Waals surface area contributed by atoms with E-state index in [1.54, 1.807) is 42.7 Å². The molecule has 0 radical (unpaired) electrons. The zero-order valence-corrected chi connectivity index (χ0v) is 20.9. The quantitative estimate of drug-likeness (QED) is 0.331. The van der Waals surface area contributed by atoms with E-state index in [0.717, 1.165) is 9.87 Å². The molecule has 2 N–H and O–H groups in total. The Morgan fingerprint density at radius 3 is 2.39 bits per heavy atom. The van der Waals surface area contributed by atoms with E-state index in [1.807, 2.05) is 6.07 Å². The first-order chi connectivity index (χ1) is 17.1. The number of pyridine rings is 1. The van der Waals surface area contributed by atoms with Gasteiger partial charge < -0.3 is 10.4 Å². The highest BCUT2D eigenvalue weighted by Gasteiger charge is 2.28. The van der Waals surface area contributed by atoms with Crippen molar-refractivity contribution in [3.8, 4) is 0 Å². The molecule has 0 fully saturated rings. The maximum atomic E-state index is 13.4. The third-order valence-electron chi connectivity index (χ3n) is 5.28. The summed E-state index contributed by atoms with van der Waals surface area (Å²) in [5.74, 6) is -1.67. The van der Waals surface area contributed by atoms with Crippen molar-refractivity contribution in [3.63, 3.8) is 0 Å². The van der Waals surface area contributed by atoms with Crippen LogP contribution in [0.3, 0.4) is 0 Å². The fourth-order valence-corrected chi connectivity index (χ4v) is 5.78. The molecule has 8 nitrogen and oxygen atoms in total. The largest absolute Gasteiger partial charge is 0.480 e. The third kappa shape index (κ3) is 5.59. The van der Waals surface area contributed by atoms with Gasteiger partial charge in [-0.3, -0.25) is 18.9 Å². The molecular formula is C25H19Cl2N3O5S. The lowest BCUT2D eigenvalue weighted by Gasteiger charge is -2.23. The van der Waals surface area contributed by atoms with Gasteiger partial charge >= 0.3 is 5.97 Å². The van der Waals surface area contributed by atoms with Crippen LogP contribution >= 0.6 is 23.2 Å². The Hall–Kier alpha value is -3.66. The number of nitrogens with one attached hydrogen (secondary N) is 1. The van der Waals surface area contributed by atoms with Gasteiger partial charge in [0.25, 0.3) is 15.9 Å². The first-order valence-electron chi connectivity index (χ1n) is 10.6. The van der Waals surface area contributed by atoms with Gasteiger partial charge in [-0.1, -0.05) is 47.5 Å². The zero-order valence-electron chi connectivity index (χ0n) is 18.6. The predicted octanol–water partition coefficient (Wildman–Crippen LogP) is 4.75. The van der Waals surface area contributed by atoms with E-state index in [0.29, 0.717) is 16.3 Å². The van der Waals surface area contributed by atoms with Crippen molar-refractivity contribution in [1.29, 1.82) is 0 Å². The maximum absolute atomic E-state index is 13.4. The third-order valence-corrected chi connectivity index (χ3v) is 7.46. The molecule has 0 aliphatic carbocycles. The normalized spacial score (nSPS) is 11.3. The molecule has 0 spiro atoms. The fourth-order valence-electron chi connectivity index (χ4n) is 3.65. The number of rotatable bonds is 8. The van der Waals surface area contributed by atoms with E-state index in [4.69, 9.17) is 23.2 Å². The van der Waals surface area contributed by atoms with Gasteiger partial charge in [-0.25, -0.2) is 8.42 Å². The summed E-state index contributed by atoms with van der Waals surface area (Å²) in [6.07, 6.45) is 3.29. The molecule has 4 aromatic rings. The number of hydrogen-bond donors (Lipinski definition) is 2. The predicted molar refractivity (Wildman–Crippen MR) is 138 cm³/mol. The number of halogens is 2. The Kier molecular flexibility index (Phi) is 7.44. The second kappa shape index (κ2) is 10.5. The number of carbonyl (C=O) groups is 2. The minimum atomic E-state index is -4.33. The summed E-state index contributed by atoms with van der Waals surface area (Å²) in [5.41, 5.74) is 1.33. The molecular weight excluding hydrogens is 525 g/mol. The number of benzene rings is 3. The maximum Gasteiger partial charge on any atom is 0.324 e. The van der Waals surface area contributed by atoms with Crippen LogP contribution in [0.1, 0.15) is 15.9 Å². The van der Waals surface area contributed by atoms with Crippen molar-refractivity contribution in [3.05, 3.63) is 100 Å². The van der Waals surface area contributed by atoms with E-state index in [1.165, 1.54) is 30.3 Å². The molecule has 0 atom stereocenters. The van der Waals surface area contributed by atoms with Gasteiger partial charge in [0.1, 0.15) is 6.54 Å². The summed E-state index contributed by atoms with van der Waals surface area (Å²) in [5, 5.41) is 13.6. The molecule has 0 bridgehead atoms. The number of sulfonamides is 1. The van der Waals surface area contributed by atoms with Crippen LogP contribution in [0, 0.1) is 0 Å². The fraction of sp³-hybridized carbons (Fsp3) is 0.0800. The Morgan fingerprint density at radius 1 is 0.972 bits per heavy atom. The first-order valence-corrected chi connectivity index (χ1v) is 12.8. The molecule has 1 amide bonds. The SMILES string of the molecule is O=C(O)CN(c1ccc2c(C(=O)NCc3cccnc3)cccc2c1)S(=O)(=O)c1cc(Cl)cc(Cl)c1. The van der Waals surface area contributed by atoms with Crippen molar-refractivity contribution in [1.82, 2.24) is 10.3 Å². The lowest BCUT2D eigenvalue weighted by atomic mass is 10.0. The van der Waals surface area contributed by atoms with Crippen LogP contribution in [0.5, 0.6) is 0 Å². The van der Waals surface area contributed by atoms with E-state index in [-0.39, 0.29) is 33.1 Å². The Bertz CT molecular complexity index is 1540. The number of anilines is 1. The lowest BCUT2D eigenvalue weighted by Crippen LogP contribution is -2.35. The molecule has 1 heterocycles. The summed E-state index contributed by atoms with van der Waals surface area (Å²) in [6.45, 7) is -0.544. The van der Waals surface area contributed by atoms with Crippen molar-refractivity contribution >= 4 is 61.6 Å². The van der Waals surface area contributed by atoms with Gasteiger partial charge in [0, 0.05) is 34.5 Å². The van der Waals surface area contributed by atoms with Crippen LogP contribution in [0.4, 0.5) is 5.69 Å². The number of carboxylic acid groups (broad SMARTS) is 1. The second-order valence-corrected chi connectivity index (χ2v) is 10.5.